The van der Waals surface area contributed by atoms with Gasteiger partial charge >= 0.3 is 0 Å². The molecule has 3 nitrogen and oxygen atoms in total. The Kier molecular flexibility index (Phi) is 6.61. The molecule has 1 aliphatic rings. The number of rotatable bonds is 7. The maximum Gasteiger partial charge on any atom is 0.230 e. The standard InChI is InChI=1S/C14H26N2OS/c1-10(2)12(13(15)18)14(17)16-9-5-8-11-6-3-4-7-11/h10-12H,3-9H2,1-2H3,(H2,15,18)(H,16,17). The van der Waals surface area contributed by atoms with Gasteiger partial charge in [-0.2, -0.15) is 0 Å². The van der Waals surface area contributed by atoms with E-state index in [2.05, 4.69) is 5.32 Å². The summed E-state index contributed by atoms with van der Waals surface area (Å²) in [5.74, 6) is 0.714. The van der Waals surface area contributed by atoms with Gasteiger partial charge in [0.05, 0.1) is 10.9 Å². The topological polar surface area (TPSA) is 55.1 Å². The van der Waals surface area contributed by atoms with Gasteiger partial charge in [-0.05, 0) is 24.7 Å². The molecule has 0 aromatic carbocycles. The molecule has 4 heteroatoms. The number of thiocarbonyl (C=S) groups is 1. The van der Waals surface area contributed by atoms with Crippen LogP contribution in [0.5, 0.6) is 0 Å². The van der Waals surface area contributed by atoms with E-state index in [1.807, 2.05) is 13.8 Å². The van der Waals surface area contributed by atoms with Crippen molar-refractivity contribution in [2.45, 2.75) is 52.4 Å². The van der Waals surface area contributed by atoms with Gasteiger partial charge in [-0.1, -0.05) is 51.7 Å². The van der Waals surface area contributed by atoms with E-state index in [4.69, 9.17) is 18.0 Å². The first-order chi connectivity index (χ1) is 8.52. The molecule has 1 rings (SSSR count). The summed E-state index contributed by atoms with van der Waals surface area (Å²) in [6.45, 7) is 4.70. The molecule has 1 saturated carbocycles. The first-order valence-corrected chi connectivity index (χ1v) is 7.50. The molecule has 0 bridgehead atoms. The normalized spacial score (nSPS) is 17.9. The molecule has 1 unspecified atom stereocenters. The number of amides is 1. The summed E-state index contributed by atoms with van der Waals surface area (Å²) in [4.78, 5) is 12.2. The van der Waals surface area contributed by atoms with E-state index in [0.717, 1.165) is 18.9 Å². The van der Waals surface area contributed by atoms with Gasteiger partial charge in [0.1, 0.15) is 0 Å². The Hall–Kier alpha value is -0.640. The summed E-state index contributed by atoms with van der Waals surface area (Å²) in [6, 6.07) is 0. The Morgan fingerprint density at radius 2 is 2.00 bits per heavy atom. The molecule has 1 amide bonds. The van der Waals surface area contributed by atoms with Crippen LogP contribution in [-0.4, -0.2) is 17.4 Å². The number of nitrogens with two attached hydrogens (primary N) is 1. The van der Waals surface area contributed by atoms with E-state index in [1.165, 1.54) is 32.1 Å². The Morgan fingerprint density at radius 1 is 1.39 bits per heavy atom. The maximum absolute atomic E-state index is 11.9. The summed E-state index contributed by atoms with van der Waals surface area (Å²) in [5.41, 5.74) is 5.61. The first kappa shape index (κ1) is 15.4. The molecule has 0 spiro atoms. The second-order valence-electron chi connectivity index (χ2n) is 5.71. The van der Waals surface area contributed by atoms with Crippen molar-refractivity contribution in [2.75, 3.05) is 6.54 Å². The van der Waals surface area contributed by atoms with Crippen LogP contribution in [0, 0.1) is 17.8 Å². The Balaban J connectivity index is 2.20. The molecule has 0 heterocycles. The van der Waals surface area contributed by atoms with Crippen molar-refractivity contribution in [1.82, 2.24) is 5.32 Å². The van der Waals surface area contributed by atoms with Crippen LogP contribution in [0.3, 0.4) is 0 Å². The quantitative estimate of drug-likeness (QED) is 0.552. The summed E-state index contributed by atoms with van der Waals surface area (Å²) < 4.78 is 0. The van der Waals surface area contributed by atoms with Crippen molar-refractivity contribution in [1.29, 1.82) is 0 Å². The number of nitrogens with one attached hydrogen (secondary N) is 1. The van der Waals surface area contributed by atoms with E-state index in [9.17, 15) is 4.79 Å². The molecule has 0 aromatic rings. The third-order valence-corrected chi connectivity index (χ3v) is 4.07. The fourth-order valence-corrected chi connectivity index (χ4v) is 3.15. The number of hydrogen-bond acceptors (Lipinski definition) is 2. The summed E-state index contributed by atoms with van der Waals surface area (Å²) >= 11 is 4.95. The Morgan fingerprint density at radius 3 is 2.50 bits per heavy atom. The molecular weight excluding hydrogens is 244 g/mol. The van der Waals surface area contributed by atoms with Crippen molar-refractivity contribution >= 4 is 23.1 Å². The SMILES string of the molecule is CC(C)C(C(=O)NCCCC1CCCC1)C(N)=S. The molecule has 0 aliphatic heterocycles. The minimum absolute atomic E-state index is 0.0103. The average Bonchev–Trinajstić information content (AvgIpc) is 2.76. The predicted molar refractivity (Wildman–Crippen MR) is 79.3 cm³/mol. The monoisotopic (exact) mass is 270 g/mol. The zero-order chi connectivity index (χ0) is 13.5. The zero-order valence-electron chi connectivity index (χ0n) is 11.6. The van der Waals surface area contributed by atoms with Crippen LogP contribution in [0.1, 0.15) is 52.4 Å². The van der Waals surface area contributed by atoms with Crippen molar-refractivity contribution in [2.24, 2.45) is 23.5 Å². The molecule has 0 radical (unpaired) electrons. The van der Waals surface area contributed by atoms with Crippen LogP contribution in [-0.2, 0) is 4.79 Å². The number of carbonyl (C=O) groups is 1. The highest BCUT2D eigenvalue weighted by molar-refractivity contribution is 7.80. The molecule has 1 aliphatic carbocycles. The van der Waals surface area contributed by atoms with Gasteiger partial charge in [-0.25, -0.2) is 0 Å². The molecule has 0 saturated heterocycles. The molecule has 104 valence electrons. The van der Waals surface area contributed by atoms with Crippen molar-refractivity contribution in [3.05, 3.63) is 0 Å². The lowest BCUT2D eigenvalue weighted by atomic mass is 9.95. The second-order valence-corrected chi connectivity index (χ2v) is 6.18. The molecule has 1 fully saturated rings. The summed E-state index contributed by atoms with van der Waals surface area (Å²) in [6.07, 6.45) is 7.81. The van der Waals surface area contributed by atoms with E-state index >= 15 is 0 Å². The number of hydrogen-bond donors (Lipinski definition) is 2. The lowest BCUT2D eigenvalue weighted by molar-refractivity contribution is -0.123. The molecule has 0 aromatic heterocycles. The first-order valence-electron chi connectivity index (χ1n) is 7.09. The maximum atomic E-state index is 11.9. The van der Waals surface area contributed by atoms with E-state index in [-0.39, 0.29) is 17.7 Å². The van der Waals surface area contributed by atoms with Gasteiger partial charge in [0.15, 0.2) is 0 Å². The highest BCUT2D eigenvalue weighted by Gasteiger charge is 2.24. The molecular formula is C14H26N2OS. The smallest absolute Gasteiger partial charge is 0.230 e. The third-order valence-electron chi connectivity index (χ3n) is 3.82. The van der Waals surface area contributed by atoms with Crippen LogP contribution < -0.4 is 11.1 Å². The van der Waals surface area contributed by atoms with Crippen LogP contribution >= 0.6 is 12.2 Å². The largest absolute Gasteiger partial charge is 0.393 e. The predicted octanol–water partition coefficient (Wildman–Crippen LogP) is 2.63. The van der Waals surface area contributed by atoms with Gasteiger partial charge in [0, 0.05) is 6.54 Å². The van der Waals surface area contributed by atoms with Crippen molar-refractivity contribution < 1.29 is 4.79 Å². The average molecular weight is 270 g/mol. The van der Waals surface area contributed by atoms with Gasteiger partial charge in [0.25, 0.3) is 0 Å². The Bertz CT molecular complexity index is 286. The van der Waals surface area contributed by atoms with Crippen LogP contribution in [0.4, 0.5) is 0 Å². The van der Waals surface area contributed by atoms with Gasteiger partial charge in [-0.15, -0.1) is 0 Å². The minimum Gasteiger partial charge on any atom is -0.393 e. The van der Waals surface area contributed by atoms with E-state index in [1.54, 1.807) is 0 Å². The third kappa shape index (κ3) is 4.92. The minimum atomic E-state index is -0.327. The van der Waals surface area contributed by atoms with E-state index in [0.29, 0.717) is 4.99 Å². The highest BCUT2D eigenvalue weighted by atomic mass is 32.1. The zero-order valence-corrected chi connectivity index (χ0v) is 12.4. The lowest BCUT2D eigenvalue weighted by Gasteiger charge is -2.19. The van der Waals surface area contributed by atoms with Crippen molar-refractivity contribution in [3.63, 3.8) is 0 Å². The molecule has 18 heavy (non-hydrogen) atoms. The molecule has 3 N–H and O–H groups in total. The molecule has 1 atom stereocenters. The van der Waals surface area contributed by atoms with Gasteiger partial charge in [-0.3, -0.25) is 4.79 Å². The van der Waals surface area contributed by atoms with Crippen LogP contribution in [0.15, 0.2) is 0 Å². The van der Waals surface area contributed by atoms with Gasteiger partial charge < -0.3 is 11.1 Å². The summed E-state index contributed by atoms with van der Waals surface area (Å²) in [7, 11) is 0. The fraction of sp³-hybridized carbons (Fsp3) is 0.857. The highest BCUT2D eigenvalue weighted by Crippen LogP contribution is 2.28. The van der Waals surface area contributed by atoms with Crippen LogP contribution in [0.2, 0.25) is 0 Å². The van der Waals surface area contributed by atoms with Crippen molar-refractivity contribution in [3.8, 4) is 0 Å². The fourth-order valence-electron chi connectivity index (χ4n) is 2.77. The second kappa shape index (κ2) is 7.72. The number of carbonyl (C=O) groups excluding carboxylic acids is 1. The van der Waals surface area contributed by atoms with Gasteiger partial charge in [0.2, 0.25) is 5.91 Å². The van der Waals surface area contributed by atoms with Crippen LogP contribution in [0.25, 0.3) is 0 Å². The summed E-state index contributed by atoms with van der Waals surface area (Å²) in [5, 5.41) is 2.96. The van der Waals surface area contributed by atoms with E-state index < -0.39 is 0 Å². The Labute approximate surface area is 116 Å². The lowest BCUT2D eigenvalue weighted by Crippen LogP contribution is -2.41.